The van der Waals surface area contributed by atoms with Crippen LogP contribution < -0.4 is 11.1 Å². The molecule has 21 heavy (non-hydrogen) atoms. The minimum atomic E-state index is -0.329. The third-order valence-electron chi connectivity index (χ3n) is 5.92. The van der Waals surface area contributed by atoms with Crippen molar-refractivity contribution >= 4 is 5.91 Å². The Hall–Kier alpha value is -1.35. The largest absolute Gasteiger partial charge is 0.352 e. The van der Waals surface area contributed by atoms with E-state index in [-0.39, 0.29) is 17.4 Å². The number of fused-ring (bicyclic) bond motifs is 3. The summed E-state index contributed by atoms with van der Waals surface area (Å²) in [4.78, 5) is 12.6. The summed E-state index contributed by atoms with van der Waals surface area (Å²) >= 11 is 0. The average molecular weight is 284 g/mol. The van der Waals surface area contributed by atoms with Crippen molar-refractivity contribution in [2.45, 2.75) is 56.5 Å². The molecule has 3 heteroatoms. The smallest absolute Gasteiger partial charge is 0.225 e. The van der Waals surface area contributed by atoms with Crippen LogP contribution in [0.25, 0.3) is 0 Å². The molecule has 1 aromatic carbocycles. The van der Waals surface area contributed by atoms with Gasteiger partial charge in [-0.15, -0.1) is 0 Å². The molecule has 4 rings (SSSR count). The quantitative estimate of drug-likeness (QED) is 0.876. The molecule has 2 saturated carbocycles. The molecule has 0 aromatic heterocycles. The van der Waals surface area contributed by atoms with Crippen LogP contribution in [-0.2, 0) is 11.2 Å². The first-order valence-electron chi connectivity index (χ1n) is 8.25. The molecule has 3 N–H and O–H groups in total. The lowest BCUT2D eigenvalue weighted by atomic mass is 9.74. The van der Waals surface area contributed by atoms with Crippen LogP contribution in [0.2, 0.25) is 0 Å². The van der Waals surface area contributed by atoms with Gasteiger partial charge in [0.25, 0.3) is 0 Å². The maximum atomic E-state index is 12.6. The highest BCUT2D eigenvalue weighted by atomic mass is 16.2. The first kappa shape index (κ1) is 13.3. The van der Waals surface area contributed by atoms with Crippen molar-refractivity contribution < 1.29 is 4.79 Å². The van der Waals surface area contributed by atoms with Crippen molar-refractivity contribution in [1.29, 1.82) is 0 Å². The van der Waals surface area contributed by atoms with E-state index in [2.05, 4.69) is 29.6 Å². The van der Waals surface area contributed by atoms with E-state index in [0.29, 0.717) is 17.9 Å². The Bertz CT molecular complexity index is 580. The van der Waals surface area contributed by atoms with Crippen molar-refractivity contribution in [3.63, 3.8) is 0 Å². The molecule has 1 amide bonds. The van der Waals surface area contributed by atoms with Crippen LogP contribution in [0.4, 0.5) is 0 Å². The van der Waals surface area contributed by atoms with Crippen molar-refractivity contribution in [3.8, 4) is 0 Å². The van der Waals surface area contributed by atoms with Gasteiger partial charge < -0.3 is 11.1 Å². The zero-order valence-corrected chi connectivity index (χ0v) is 12.6. The number of benzene rings is 1. The van der Waals surface area contributed by atoms with Gasteiger partial charge in [-0.25, -0.2) is 0 Å². The summed E-state index contributed by atoms with van der Waals surface area (Å²) in [5.41, 5.74) is 8.94. The van der Waals surface area contributed by atoms with E-state index in [0.717, 1.165) is 32.1 Å². The summed E-state index contributed by atoms with van der Waals surface area (Å²) in [6, 6.07) is 9.01. The van der Waals surface area contributed by atoms with Crippen LogP contribution in [0, 0.1) is 11.8 Å². The predicted octanol–water partition coefficient (Wildman–Crippen LogP) is 2.35. The van der Waals surface area contributed by atoms with E-state index in [1.165, 1.54) is 11.1 Å². The average Bonchev–Trinajstić information content (AvgIpc) is 2.95. The van der Waals surface area contributed by atoms with Crippen molar-refractivity contribution in [1.82, 2.24) is 5.32 Å². The fourth-order valence-corrected chi connectivity index (χ4v) is 4.60. The fourth-order valence-electron chi connectivity index (χ4n) is 4.60. The lowest BCUT2D eigenvalue weighted by molar-refractivity contribution is -0.128. The Morgan fingerprint density at radius 1 is 1.33 bits per heavy atom. The number of carbonyl (C=O) groups is 1. The van der Waals surface area contributed by atoms with E-state index >= 15 is 0 Å². The Kier molecular flexibility index (Phi) is 2.90. The second-order valence-corrected chi connectivity index (χ2v) is 7.43. The molecule has 0 saturated heterocycles. The molecule has 0 spiro atoms. The molecular weight excluding hydrogens is 260 g/mol. The lowest BCUT2D eigenvalue weighted by Gasteiger charge is -2.37. The molecule has 0 bridgehead atoms. The molecule has 5 unspecified atom stereocenters. The second-order valence-electron chi connectivity index (χ2n) is 7.43. The Balaban J connectivity index is 1.44. The second kappa shape index (κ2) is 4.57. The van der Waals surface area contributed by atoms with Gasteiger partial charge in [-0.1, -0.05) is 37.1 Å². The van der Waals surface area contributed by atoms with Crippen molar-refractivity contribution in [2.75, 3.05) is 0 Å². The number of nitrogens with two attached hydrogens (primary N) is 1. The highest BCUT2D eigenvalue weighted by Crippen LogP contribution is 2.56. The first-order valence-corrected chi connectivity index (χ1v) is 8.25. The van der Waals surface area contributed by atoms with E-state index in [9.17, 15) is 4.79 Å². The van der Waals surface area contributed by atoms with Crippen LogP contribution in [0.3, 0.4) is 0 Å². The number of rotatable bonds is 2. The zero-order valence-electron chi connectivity index (χ0n) is 12.6. The van der Waals surface area contributed by atoms with Gasteiger partial charge in [0, 0.05) is 17.5 Å². The molecule has 3 nitrogen and oxygen atoms in total. The van der Waals surface area contributed by atoms with Crippen molar-refractivity contribution in [3.05, 3.63) is 35.4 Å². The molecule has 0 radical (unpaired) electrons. The Morgan fingerprint density at radius 2 is 2.14 bits per heavy atom. The van der Waals surface area contributed by atoms with Gasteiger partial charge in [-0.2, -0.15) is 0 Å². The first-order chi connectivity index (χ1) is 10.1. The van der Waals surface area contributed by atoms with Crippen LogP contribution in [0.1, 0.15) is 49.7 Å². The topological polar surface area (TPSA) is 55.1 Å². The maximum absolute atomic E-state index is 12.6. The number of nitrogens with one attached hydrogen (secondary N) is 1. The fraction of sp³-hybridized carbons (Fsp3) is 0.611. The van der Waals surface area contributed by atoms with Gasteiger partial charge in [0.1, 0.15) is 0 Å². The monoisotopic (exact) mass is 284 g/mol. The van der Waals surface area contributed by atoms with Gasteiger partial charge in [-0.05, 0) is 43.2 Å². The van der Waals surface area contributed by atoms with Gasteiger partial charge >= 0.3 is 0 Å². The minimum Gasteiger partial charge on any atom is -0.352 e. The molecule has 112 valence electrons. The standard InChI is InChI=1S/C18H24N2O/c1-18(19)9-5-4-8-14(18)17(21)20-16-13-10-11-6-2-3-7-12(11)15(13)16/h2-3,6-7,13-16H,4-5,8-10,19H2,1H3,(H,20,21). The molecule has 3 aliphatic rings. The molecule has 1 aromatic rings. The molecular formula is C18H24N2O. The SMILES string of the molecule is CC1(N)CCCCC1C(=O)NC1C2Cc3ccccc3C21. The van der Waals surface area contributed by atoms with Gasteiger partial charge in [0.15, 0.2) is 0 Å². The van der Waals surface area contributed by atoms with Gasteiger partial charge in [-0.3, -0.25) is 4.79 Å². The van der Waals surface area contributed by atoms with Crippen LogP contribution in [-0.4, -0.2) is 17.5 Å². The van der Waals surface area contributed by atoms with E-state index in [4.69, 9.17) is 5.73 Å². The molecule has 0 heterocycles. The highest BCUT2D eigenvalue weighted by Gasteiger charge is 2.56. The highest BCUT2D eigenvalue weighted by molar-refractivity contribution is 5.81. The summed E-state index contributed by atoms with van der Waals surface area (Å²) in [6.07, 6.45) is 5.31. The minimum absolute atomic E-state index is 0.0113. The van der Waals surface area contributed by atoms with E-state index in [1.807, 2.05) is 6.92 Å². The van der Waals surface area contributed by atoms with Gasteiger partial charge in [0.05, 0.1) is 5.92 Å². The third kappa shape index (κ3) is 2.10. The third-order valence-corrected chi connectivity index (χ3v) is 5.92. The summed E-state index contributed by atoms with van der Waals surface area (Å²) in [7, 11) is 0. The summed E-state index contributed by atoms with van der Waals surface area (Å²) in [6.45, 7) is 2.04. The Labute approximate surface area is 126 Å². The number of hydrogen-bond donors (Lipinski definition) is 2. The normalized spacial score (nSPS) is 40.3. The molecule has 3 aliphatic carbocycles. The summed E-state index contributed by atoms with van der Waals surface area (Å²) < 4.78 is 0. The van der Waals surface area contributed by atoms with E-state index in [1.54, 1.807) is 0 Å². The summed E-state index contributed by atoms with van der Waals surface area (Å²) in [5, 5.41) is 3.30. The molecule has 2 fully saturated rings. The van der Waals surface area contributed by atoms with Crippen LogP contribution in [0.5, 0.6) is 0 Å². The maximum Gasteiger partial charge on any atom is 0.225 e. The Morgan fingerprint density at radius 3 is 2.95 bits per heavy atom. The lowest BCUT2D eigenvalue weighted by Crippen LogP contribution is -2.53. The number of amides is 1. The predicted molar refractivity (Wildman–Crippen MR) is 82.9 cm³/mol. The molecule has 0 aliphatic heterocycles. The zero-order chi connectivity index (χ0) is 14.6. The van der Waals surface area contributed by atoms with Crippen LogP contribution in [0.15, 0.2) is 24.3 Å². The number of carbonyl (C=O) groups excluding carboxylic acids is 1. The summed E-state index contributed by atoms with van der Waals surface area (Å²) in [5.74, 6) is 1.36. The van der Waals surface area contributed by atoms with Gasteiger partial charge in [0.2, 0.25) is 5.91 Å². The van der Waals surface area contributed by atoms with E-state index < -0.39 is 0 Å². The molecule has 5 atom stereocenters. The van der Waals surface area contributed by atoms with Crippen molar-refractivity contribution in [2.24, 2.45) is 17.6 Å². The van der Waals surface area contributed by atoms with Crippen LogP contribution >= 0.6 is 0 Å². The number of hydrogen-bond acceptors (Lipinski definition) is 2.